The summed E-state index contributed by atoms with van der Waals surface area (Å²) in [6, 6.07) is 2.04. The number of carbonyl (C=O) groups is 1. The molecule has 1 aliphatic carbocycles. The molecular weight excluding hydrogens is 180 g/mol. The molecule has 1 fully saturated rings. The lowest BCUT2D eigenvalue weighted by Crippen LogP contribution is -1.99. The minimum Gasteiger partial charge on any atom is -0.481 e. The third-order valence-electron chi connectivity index (χ3n) is 2.56. The molecule has 4 nitrogen and oxygen atoms in total. The van der Waals surface area contributed by atoms with Crippen molar-refractivity contribution in [1.29, 1.82) is 0 Å². The van der Waals surface area contributed by atoms with Gasteiger partial charge in [-0.05, 0) is 18.9 Å². The molecule has 1 N–H and O–H groups in total. The van der Waals surface area contributed by atoms with Crippen LogP contribution < -0.4 is 0 Å². The SMILES string of the molecule is Cn1nc(CCC(=O)O)cc1C1CC1. The lowest BCUT2D eigenvalue weighted by Gasteiger charge is -1.95. The molecule has 0 unspecified atom stereocenters. The van der Waals surface area contributed by atoms with Crippen molar-refractivity contribution in [2.75, 3.05) is 0 Å². The van der Waals surface area contributed by atoms with Crippen LogP contribution in [0.25, 0.3) is 0 Å². The van der Waals surface area contributed by atoms with Gasteiger partial charge < -0.3 is 5.11 Å². The first kappa shape index (κ1) is 9.24. The van der Waals surface area contributed by atoms with Crippen LogP contribution >= 0.6 is 0 Å². The Balaban J connectivity index is 2.04. The van der Waals surface area contributed by atoms with Gasteiger partial charge in [0.2, 0.25) is 0 Å². The fourth-order valence-corrected chi connectivity index (χ4v) is 1.66. The zero-order valence-corrected chi connectivity index (χ0v) is 8.23. The second kappa shape index (κ2) is 3.44. The van der Waals surface area contributed by atoms with E-state index in [2.05, 4.69) is 5.10 Å². The standard InChI is InChI=1S/C10H14N2O2/c1-12-9(7-2-3-7)6-8(11-12)4-5-10(13)14/h6-7H,2-5H2,1H3,(H,13,14). The molecule has 0 radical (unpaired) electrons. The van der Waals surface area contributed by atoms with Gasteiger partial charge in [0.1, 0.15) is 0 Å². The van der Waals surface area contributed by atoms with Gasteiger partial charge in [-0.1, -0.05) is 0 Å². The molecule has 1 aromatic heterocycles. The molecule has 14 heavy (non-hydrogen) atoms. The number of aliphatic carboxylic acids is 1. The van der Waals surface area contributed by atoms with Crippen LogP contribution in [-0.4, -0.2) is 20.9 Å². The van der Waals surface area contributed by atoms with E-state index in [0.29, 0.717) is 12.3 Å². The van der Waals surface area contributed by atoms with Gasteiger partial charge in [-0.25, -0.2) is 0 Å². The summed E-state index contributed by atoms with van der Waals surface area (Å²) in [6.07, 6.45) is 3.20. The summed E-state index contributed by atoms with van der Waals surface area (Å²) in [6.45, 7) is 0. The molecule has 2 rings (SSSR count). The van der Waals surface area contributed by atoms with E-state index in [1.54, 1.807) is 0 Å². The Hall–Kier alpha value is -1.32. The summed E-state index contributed by atoms with van der Waals surface area (Å²) >= 11 is 0. The summed E-state index contributed by atoms with van der Waals surface area (Å²) in [7, 11) is 1.93. The molecule has 76 valence electrons. The van der Waals surface area contributed by atoms with Gasteiger partial charge in [0.05, 0.1) is 12.1 Å². The molecule has 0 aromatic carbocycles. The Morgan fingerprint density at radius 1 is 1.71 bits per heavy atom. The number of carboxylic acids is 1. The molecule has 0 aliphatic heterocycles. The summed E-state index contributed by atoms with van der Waals surface area (Å²) in [5.74, 6) is -0.0882. The molecule has 0 atom stereocenters. The van der Waals surface area contributed by atoms with Crippen molar-refractivity contribution in [3.8, 4) is 0 Å². The van der Waals surface area contributed by atoms with Gasteiger partial charge >= 0.3 is 5.97 Å². The Kier molecular flexibility index (Phi) is 2.27. The highest BCUT2D eigenvalue weighted by molar-refractivity contribution is 5.66. The molecule has 1 aliphatic rings. The highest BCUT2D eigenvalue weighted by atomic mass is 16.4. The van der Waals surface area contributed by atoms with Crippen molar-refractivity contribution < 1.29 is 9.90 Å². The highest BCUT2D eigenvalue weighted by Gasteiger charge is 2.27. The first-order valence-corrected chi connectivity index (χ1v) is 4.91. The summed E-state index contributed by atoms with van der Waals surface area (Å²) in [5.41, 5.74) is 2.15. The zero-order valence-electron chi connectivity index (χ0n) is 8.23. The maximum Gasteiger partial charge on any atom is 0.303 e. The van der Waals surface area contributed by atoms with E-state index in [1.165, 1.54) is 18.5 Å². The fraction of sp³-hybridized carbons (Fsp3) is 0.600. The number of hydrogen-bond donors (Lipinski definition) is 1. The smallest absolute Gasteiger partial charge is 0.303 e. The third-order valence-corrected chi connectivity index (χ3v) is 2.56. The molecule has 0 saturated heterocycles. The molecule has 1 saturated carbocycles. The monoisotopic (exact) mass is 194 g/mol. The topological polar surface area (TPSA) is 55.1 Å². The van der Waals surface area contributed by atoms with Gasteiger partial charge in [0.15, 0.2) is 0 Å². The molecule has 1 heterocycles. The maximum absolute atomic E-state index is 10.4. The number of aryl methyl sites for hydroxylation is 2. The predicted molar refractivity (Wildman–Crippen MR) is 51.1 cm³/mol. The predicted octanol–water partition coefficient (Wildman–Crippen LogP) is 1.31. The molecule has 4 heteroatoms. The van der Waals surface area contributed by atoms with Gasteiger partial charge in [-0.3, -0.25) is 9.48 Å². The summed E-state index contributed by atoms with van der Waals surface area (Å²) in [5, 5.41) is 12.8. The lowest BCUT2D eigenvalue weighted by atomic mass is 10.2. The Morgan fingerprint density at radius 2 is 2.43 bits per heavy atom. The largest absolute Gasteiger partial charge is 0.481 e. The van der Waals surface area contributed by atoms with Crippen molar-refractivity contribution in [2.24, 2.45) is 7.05 Å². The normalized spacial score (nSPS) is 15.8. The molecule has 0 bridgehead atoms. The zero-order chi connectivity index (χ0) is 10.1. The van der Waals surface area contributed by atoms with Crippen LogP contribution in [-0.2, 0) is 18.3 Å². The van der Waals surface area contributed by atoms with E-state index >= 15 is 0 Å². The average Bonchev–Trinajstić information content (AvgIpc) is 2.88. The van der Waals surface area contributed by atoms with Crippen molar-refractivity contribution in [3.63, 3.8) is 0 Å². The van der Waals surface area contributed by atoms with E-state index in [1.807, 2.05) is 17.8 Å². The third kappa shape index (κ3) is 1.95. The molecular formula is C10H14N2O2. The van der Waals surface area contributed by atoms with E-state index in [0.717, 1.165) is 5.69 Å². The Labute approximate surface area is 82.5 Å². The number of rotatable bonds is 4. The number of aromatic nitrogens is 2. The molecule has 0 amide bonds. The second-order valence-corrected chi connectivity index (χ2v) is 3.85. The molecule has 1 aromatic rings. The van der Waals surface area contributed by atoms with Crippen LogP contribution in [0.4, 0.5) is 0 Å². The first-order valence-electron chi connectivity index (χ1n) is 4.91. The van der Waals surface area contributed by atoms with E-state index in [-0.39, 0.29) is 6.42 Å². The van der Waals surface area contributed by atoms with Crippen LogP contribution in [0.3, 0.4) is 0 Å². The van der Waals surface area contributed by atoms with Crippen LogP contribution in [0.1, 0.15) is 36.6 Å². The van der Waals surface area contributed by atoms with Crippen LogP contribution in [0, 0.1) is 0 Å². The minimum atomic E-state index is -0.761. The van der Waals surface area contributed by atoms with Gasteiger partial charge in [0.25, 0.3) is 0 Å². The minimum absolute atomic E-state index is 0.168. The van der Waals surface area contributed by atoms with Crippen molar-refractivity contribution in [2.45, 2.75) is 31.6 Å². The number of hydrogen-bond acceptors (Lipinski definition) is 2. The first-order chi connectivity index (χ1) is 6.66. The van der Waals surface area contributed by atoms with Crippen molar-refractivity contribution >= 4 is 5.97 Å². The van der Waals surface area contributed by atoms with Crippen LogP contribution in [0.5, 0.6) is 0 Å². The van der Waals surface area contributed by atoms with Crippen molar-refractivity contribution in [3.05, 3.63) is 17.5 Å². The van der Waals surface area contributed by atoms with E-state index in [4.69, 9.17) is 5.11 Å². The Bertz CT molecular complexity index is 353. The summed E-state index contributed by atoms with van der Waals surface area (Å²) < 4.78 is 1.88. The second-order valence-electron chi connectivity index (χ2n) is 3.85. The Morgan fingerprint density at radius 3 is 3.00 bits per heavy atom. The van der Waals surface area contributed by atoms with Gasteiger partial charge in [-0.15, -0.1) is 0 Å². The van der Waals surface area contributed by atoms with E-state index < -0.39 is 5.97 Å². The number of nitrogens with zero attached hydrogens (tertiary/aromatic N) is 2. The lowest BCUT2D eigenvalue weighted by molar-refractivity contribution is -0.136. The van der Waals surface area contributed by atoms with Crippen molar-refractivity contribution in [1.82, 2.24) is 9.78 Å². The fourth-order valence-electron chi connectivity index (χ4n) is 1.66. The summed E-state index contributed by atoms with van der Waals surface area (Å²) in [4.78, 5) is 10.4. The van der Waals surface area contributed by atoms with Gasteiger partial charge in [0, 0.05) is 25.1 Å². The van der Waals surface area contributed by atoms with Crippen LogP contribution in [0.2, 0.25) is 0 Å². The number of carboxylic acid groups (broad SMARTS) is 1. The van der Waals surface area contributed by atoms with E-state index in [9.17, 15) is 4.79 Å². The highest BCUT2D eigenvalue weighted by Crippen LogP contribution is 2.39. The maximum atomic E-state index is 10.4. The van der Waals surface area contributed by atoms with Gasteiger partial charge in [-0.2, -0.15) is 5.10 Å². The molecule has 0 spiro atoms. The quantitative estimate of drug-likeness (QED) is 0.786. The average molecular weight is 194 g/mol. The van der Waals surface area contributed by atoms with Crippen LogP contribution in [0.15, 0.2) is 6.07 Å².